The van der Waals surface area contributed by atoms with E-state index in [0.29, 0.717) is 12.1 Å². The molecule has 1 aromatic heterocycles. The maximum atomic E-state index is 4.17. The van der Waals surface area contributed by atoms with Crippen molar-refractivity contribution in [1.82, 2.24) is 25.0 Å². The highest BCUT2D eigenvalue weighted by Crippen LogP contribution is 2.15. The molecule has 1 aliphatic rings. The van der Waals surface area contributed by atoms with Crippen LogP contribution in [0.4, 0.5) is 0 Å². The molecular weight excluding hydrogens is 226 g/mol. The van der Waals surface area contributed by atoms with Crippen molar-refractivity contribution in [3.05, 3.63) is 12.2 Å². The minimum atomic E-state index is 0.583. The summed E-state index contributed by atoms with van der Waals surface area (Å²) in [4.78, 5) is 2.51. The molecule has 0 radical (unpaired) electrons. The third kappa shape index (κ3) is 3.29. The van der Waals surface area contributed by atoms with Gasteiger partial charge in [-0.15, -0.1) is 10.2 Å². The molecule has 0 saturated heterocycles. The normalized spacial score (nSPS) is 19.5. The Kier molecular flexibility index (Phi) is 4.72. The first-order chi connectivity index (χ1) is 8.70. The summed E-state index contributed by atoms with van der Waals surface area (Å²) < 4.78 is 2.15. The third-order valence-corrected chi connectivity index (χ3v) is 3.73. The lowest BCUT2D eigenvalue weighted by atomic mass is 10.1. The van der Waals surface area contributed by atoms with E-state index in [1.807, 2.05) is 6.33 Å². The lowest BCUT2D eigenvalue weighted by Crippen LogP contribution is -2.43. The number of hydrogen-bond donors (Lipinski definition) is 1. The van der Waals surface area contributed by atoms with Crippen molar-refractivity contribution in [2.75, 3.05) is 13.1 Å². The number of nitrogens with one attached hydrogen (secondary N) is 1. The molecule has 1 aliphatic heterocycles. The second-order valence-corrected chi connectivity index (χ2v) is 5.35. The van der Waals surface area contributed by atoms with Gasteiger partial charge in [0.15, 0.2) is 0 Å². The van der Waals surface area contributed by atoms with Crippen LogP contribution in [-0.2, 0) is 13.1 Å². The number of fused-ring (bicyclic) bond motifs is 1. The molecule has 5 heteroatoms. The molecule has 18 heavy (non-hydrogen) atoms. The van der Waals surface area contributed by atoms with Crippen LogP contribution in [0.5, 0.6) is 0 Å². The van der Waals surface area contributed by atoms with Gasteiger partial charge in [-0.2, -0.15) is 0 Å². The predicted octanol–water partition coefficient (Wildman–Crippen LogP) is 1.26. The maximum absolute atomic E-state index is 4.17. The molecule has 0 aromatic carbocycles. The predicted molar refractivity (Wildman–Crippen MR) is 72.3 cm³/mol. The zero-order valence-electron chi connectivity index (χ0n) is 11.8. The first kappa shape index (κ1) is 13.5. The van der Waals surface area contributed by atoms with Gasteiger partial charge in [-0.25, -0.2) is 0 Å². The number of rotatable bonds is 6. The maximum Gasteiger partial charge on any atom is 0.147 e. The van der Waals surface area contributed by atoms with Crippen molar-refractivity contribution in [2.45, 2.75) is 58.8 Å². The van der Waals surface area contributed by atoms with Crippen LogP contribution < -0.4 is 5.32 Å². The van der Waals surface area contributed by atoms with E-state index in [4.69, 9.17) is 0 Å². The van der Waals surface area contributed by atoms with Gasteiger partial charge in [0, 0.05) is 25.2 Å². The zero-order valence-corrected chi connectivity index (χ0v) is 11.8. The standard InChI is InChI=1S/C13H25N5/c1-4-5-14-11(2)8-12(3)17-6-7-18-10-15-16-13(18)9-17/h10-12,14H,4-9H2,1-3H3. The van der Waals surface area contributed by atoms with Gasteiger partial charge in [0.05, 0.1) is 6.54 Å². The average molecular weight is 251 g/mol. The smallest absolute Gasteiger partial charge is 0.147 e. The molecule has 0 bridgehead atoms. The van der Waals surface area contributed by atoms with E-state index in [-0.39, 0.29) is 0 Å². The molecule has 2 unspecified atom stereocenters. The molecule has 5 nitrogen and oxygen atoms in total. The Hall–Kier alpha value is -0.940. The Morgan fingerprint density at radius 2 is 2.22 bits per heavy atom. The first-order valence-corrected chi connectivity index (χ1v) is 7.04. The largest absolute Gasteiger partial charge is 0.315 e. The highest BCUT2D eigenvalue weighted by atomic mass is 15.3. The second kappa shape index (κ2) is 6.29. The summed E-state index contributed by atoms with van der Waals surface area (Å²) in [6.45, 7) is 11.0. The van der Waals surface area contributed by atoms with Crippen molar-refractivity contribution in [3.8, 4) is 0 Å². The lowest BCUT2D eigenvalue weighted by molar-refractivity contribution is 0.147. The fourth-order valence-electron chi connectivity index (χ4n) is 2.60. The van der Waals surface area contributed by atoms with Gasteiger partial charge in [0.2, 0.25) is 0 Å². The Bertz CT molecular complexity index is 362. The van der Waals surface area contributed by atoms with Crippen LogP contribution in [0.2, 0.25) is 0 Å². The monoisotopic (exact) mass is 251 g/mol. The van der Waals surface area contributed by atoms with Crippen LogP contribution in [0.15, 0.2) is 6.33 Å². The van der Waals surface area contributed by atoms with Crippen molar-refractivity contribution < 1.29 is 0 Å². The van der Waals surface area contributed by atoms with E-state index >= 15 is 0 Å². The van der Waals surface area contributed by atoms with Crippen molar-refractivity contribution in [2.24, 2.45) is 0 Å². The first-order valence-electron chi connectivity index (χ1n) is 7.04. The number of nitrogens with zero attached hydrogens (tertiary/aromatic N) is 4. The molecule has 2 heterocycles. The SMILES string of the molecule is CCCNC(C)CC(C)N1CCn2cnnc2C1. The summed E-state index contributed by atoms with van der Waals surface area (Å²) in [5.74, 6) is 1.10. The molecule has 0 saturated carbocycles. The van der Waals surface area contributed by atoms with Crippen LogP contribution in [-0.4, -0.2) is 44.8 Å². The average Bonchev–Trinajstić information content (AvgIpc) is 2.83. The Balaban J connectivity index is 1.82. The van der Waals surface area contributed by atoms with Crippen molar-refractivity contribution >= 4 is 0 Å². The number of hydrogen-bond acceptors (Lipinski definition) is 4. The molecule has 2 rings (SSSR count). The topological polar surface area (TPSA) is 46.0 Å². The fourth-order valence-corrected chi connectivity index (χ4v) is 2.60. The van der Waals surface area contributed by atoms with Crippen LogP contribution in [0.25, 0.3) is 0 Å². The van der Waals surface area contributed by atoms with Crippen molar-refractivity contribution in [3.63, 3.8) is 0 Å². The zero-order chi connectivity index (χ0) is 13.0. The van der Waals surface area contributed by atoms with Crippen molar-refractivity contribution in [1.29, 1.82) is 0 Å². The molecule has 0 fully saturated rings. The van der Waals surface area contributed by atoms with Gasteiger partial charge in [-0.05, 0) is 33.2 Å². The summed E-state index contributed by atoms with van der Waals surface area (Å²) in [5.41, 5.74) is 0. The molecule has 1 aromatic rings. The van der Waals surface area contributed by atoms with Gasteiger partial charge < -0.3 is 9.88 Å². The summed E-state index contributed by atoms with van der Waals surface area (Å²) in [6.07, 6.45) is 4.22. The molecule has 102 valence electrons. The van der Waals surface area contributed by atoms with E-state index in [1.165, 1.54) is 12.8 Å². The van der Waals surface area contributed by atoms with Gasteiger partial charge >= 0.3 is 0 Å². The minimum Gasteiger partial charge on any atom is -0.315 e. The van der Waals surface area contributed by atoms with Gasteiger partial charge in [-0.1, -0.05) is 6.92 Å². The molecule has 1 N–H and O–H groups in total. The van der Waals surface area contributed by atoms with Crippen LogP contribution >= 0.6 is 0 Å². The Labute approximate surface area is 110 Å². The van der Waals surface area contributed by atoms with Gasteiger partial charge in [0.1, 0.15) is 12.2 Å². The Morgan fingerprint density at radius 3 is 3.00 bits per heavy atom. The molecule has 0 amide bonds. The van der Waals surface area contributed by atoms with E-state index in [0.717, 1.165) is 32.0 Å². The summed E-state index contributed by atoms with van der Waals surface area (Å²) in [6, 6.07) is 1.18. The van der Waals surface area contributed by atoms with E-state index in [9.17, 15) is 0 Å². The Morgan fingerprint density at radius 1 is 1.39 bits per heavy atom. The van der Waals surface area contributed by atoms with Crippen LogP contribution in [0.3, 0.4) is 0 Å². The highest BCUT2D eigenvalue weighted by Gasteiger charge is 2.22. The minimum absolute atomic E-state index is 0.583. The van der Waals surface area contributed by atoms with Gasteiger partial charge in [0.25, 0.3) is 0 Å². The second-order valence-electron chi connectivity index (χ2n) is 5.35. The van der Waals surface area contributed by atoms with E-state index in [2.05, 4.69) is 45.8 Å². The van der Waals surface area contributed by atoms with Crippen LogP contribution in [0, 0.1) is 0 Å². The molecule has 0 aliphatic carbocycles. The molecule has 2 atom stereocenters. The third-order valence-electron chi connectivity index (χ3n) is 3.73. The highest BCUT2D eigenvalue weighted by molar-refractivity contribution is 4.91. The van der Waals surface area contributed by atoms with E-state index < -0.39 is 0 Å². The quantitative estimate of drug-likeness (QED) is 0.827. The molecule has 0 spiro atoms. The summed E-state index contributed by atoms with van der Waals surface area (Å²) in [7, 11) is 0. The van der Waals surface area contributed by atoms with Crippen LogP contribution in [0.1, 0.15) is 39.4 Å². The summed E-state index contributed by atoms with van der Waals surface area (Å²) >= 11 is 0. The van der Waals surface area contributed by atoms with E-state index in [1.54, 1.807) is 0 Å². The van der Waals surface area contributed by atoms with Gasteiger partial charge in [-0.3, -0.25) is 4.90 Å². The molecular formula is C13H25N5. The summed E-state index contributed by atoms with van der Waals surface area (Å²) in [5, 5.41) is 11.7. The lowest BCUT2D eigenvalue weighted by Gasteiger charge is -2.33. The fraction of sp³-hybridized carbons (Fsp3) is 0.846. The number of aromatic nitrogens is 3.